The van der Waals surface area contributed by atoms with Gasteiger partial charge < -0.3 is 14.7 Å². The molecule has 2 rings (SSSR count). The summed E-state index contributed by atoms with van der Waals surface area (Å²) in [6, 6.07) is 8.05. The van der Waals surface area contributed by atoms with E-state index >= 15 is 0 Å². The van der Waals surface area contributed by atoms with E-state index in [1.165, 1.54) is 0 Å². The van der Waals surface area contributed by atoms with Crippen molar-refractivity contribution in [3.05, 3.63) is 30.1 Å². The standard InChI is InChI=1S/C13H18N4O/c1-14-9-8-12-15-13(18-16-12)10-4-6-11(7-5-10)17(2)3/h4-7,14H,8-9H2,1-3H3. The fourth-order valence-corrected chi connectivity index (χ4v) is 1.61. The quantitative estimate of drug-likeness (QED) is 0.867. The van der Waals surface area contributed by atoms with Crippen LogP contribution < -0.4 is 10.2 Å². The summed E-state index contributed by atoms with van der Waals surface area (Å²) in [6.07, 6.45) is 0.774. The Bertz CT molecular complexity index is 490. The van der Waals surface area contributed by atoms with Crippen LogP contribution in [0.15, 0.2) is 28.8 Å². The summed E-state index contributed by atoms with van der Waals surface area (Å²) in [5.41, 5.74) is 2.09. The predicted octanol–water partition coefficient (Wildman–Crippen LogP) is 1.56. The summed E-state index contributed by atoms with van der Waals surface area (Å²) in [5, 5.41) is 7.01. The molecule has 0 aliphatic carbocycles. The van der Waals surface area contributed by atoms with Gasteiger partial charge in [0.1, 0.15) is 0 Å². The molecular weight excluding hydrogens is 228 g/mol. The van der Waals surface area contributed by atoms with Crippen molar-refractivity contribution in [2.75, 3.05) is 32.6 Å². The lowest BCUT2D eigenvalue weighted by Gasteiger charge is -2.11. The zero-order valence-corrected chi connectivity index (χ0v) is 11.0. The molecule has 0 aliphatic heterocycles. The highest BCUT2D eigenvalue weighted by molar-refractivity contribution is 5.58. The van der Waals surface area contributed by atoms with Gasteiger partial charge >= 0.3 is 0 Å². The molecule has 0 fully saturated rings. The Balaban J connectivity index is 2.13. The Hall–Kier alpha value is -1.88. The minimum Gasteiger partial charge on any atom is -0.378 e. The molecule has 0 saturated heterocycles. The van der Waals surface area contributed by atoms with E-state index in [4.69, 9.17) is 4.52 Å². The Labute approximate surface area is 107 Å². The number of nitrogens with one attached hydrogen (secondary N) is 1. The smallest absolute Gasteiger partial charge is 0.257 e. The van der Waals surface area contributed by atoms with Crippen molar-refractivity contribution in [3.63, 3.8) is 0 Å². The van der Waals surface area contributed by atoms with Crippen LogP contribution in [0.5, 0.6) is 0 Å². The molecule has 18 heavy (non-hydrogen) atoms. The SMILES string of the molecule is CNCCc1noc(-c2ccc(N(C)C)cc2)n1. The van der Waals surface area contributed by atoms with E-state index in [-0.39, 0.29) is 0 Å². The Morgan fingerprint density at radius 3 is 2.56 bits per heavy atom. The van der Waals surface area contributed by atoms with E-state index in [1.54, 1.807) is 0 Å². The molecule has 1 aromatic heterocycles. The van der Waals surface area contributed by atoms with Crippen LogP contribution in [-0.2, 0) is 6.42 Å². The lowest BCUT2D eigenvalue weighted by atomic mass is 10.2. The van der Waals surface area contributed by atoms with Crippen LogP contribution >= 0.6 is 0 Å². The number of hydrogen-bond acceptors (Lipinski definition) is 5. The summed E-state index contributed by atoms with van der Waals surface area (Å²) < 4.78 is 5.25. The number of likely N-dealkylation sites (N-methyl/N-ethyl adjacent to an activating group) is 1. The van der Waals surface area contributed by atoms with Gasteiger partial charge in [-0.05, 0) is 31.3 Å². The summed E-state index contributed by atoms with van der Waals surface area (Å²) >= 11 is 0. The van der Waals surface area contributed by atoms with Crippen LogP contribution in [0.2, 0.25) is 0 Å². The monoisotopic (exact) mass is 246 g/mol. The largest absolute Gasteiger partial charge is 0.378 e. The van der Waals surface area contributed by atoms with Crippen LogP contribution in [0.4, 0.5) is 5.69 Å². The maximum absolute atomic E-state index is 5.25. The maximum Gasteiger partial charge on any atom is 0.257 e. The highest BCUT2D eigenvalue weighted by Crippen LogP contribution is 2.20. The van der Waals surface area contributed by atoms with E-state index in [2.05, 4.69) is 20.4 Å². The Kier molecular flexibility index (Phi) is 3.94. The lowest BCUT2D eigenvalue weighted by Crippen LogP contribution is -2.11. The normalized spacial score (nSPS) is 10.6. The maximum atomic E-state index is 5.25. The van der Waals surface area contributed by atoms with Gasteiger partial charge in [0.25, 0.3) is 5.89 Å². The molecule has 0 amide bonds. The first-order chi connectivity index (χ1) is 8.70. The highest BCUT2D eigenvalue weighted by Gasteiger charge is 2.08. The molecule has 0 spiro atoms. The van der Waals surface area contributed by atoms with E-state index < -0.39 is 0 Å². The van der Waals surface area contributed by atoms with Gasteiger partial charge in [-0.25, -0.2) is 0 Å². The zero-order chi connectivity index (χ0) is 13.0. The van der Waals surface area contributed by atoms with Crippen LogP contribution in [0.25, 0.3) is 11.5 Å². The topological polar surface area (TPSA) is 54.2 Å². The third-order valence-electron chi connectivity index (χ3n) is 2.70. The molecule has 1 heterocycles. The summed E-state index contributed by atoms with van der Waals surface area (Å²) in [7, 11) is 5.93. The molecule has 0 atom stereocenters. The number of benzene rings is 1. The Morgan fingerprint density at radius 2 is 1.94 bits per heavy atom. The van der Waals surface area contributed by atoms with Crippen LogP contribution in [-0.4, -0.2) is 37.8 Å². The van der Waals surface area contributed by atoms with E-state index in [0.717, 1.165) is 30.0 Å². The number of anilines is 1. The second-order valence-corrected chi connectivity index (χ2v) is 4.31. The van der Waals surface area contributed by atoms with Gasteiger partial charge in [-0.3, -0.25) is 0 Å². The van der Waals surface area contributed by atoms with Crippen molar-refractivity contribution in [1.29, 1.82) is 0 Å². The molecule has 5 nitrogen and oxygen atoms in total. The first-order valence-corrected chi connectivity index (χ1v) is 5.95. The zero-order valence-electron chi connectivity index (χ0n) is 11.0. The van der Waals surface area contributed by atoms with Crippen molar-refractivity contribution in [2.45, 2.75) is 6.42 Å². The van der Waals surface area contributed by atoms with Gasteiger partial charge in [-0.1, -0.05) is 5.16 Å². The molecule has 96 valence electrons. The fraction of sp³-hybridized carbons (Fsp3) is 0.385. The van der Waals surface area contributed by atoms with Crippen molar-refractivity contribution in [1.82, 2.24) is 15.5 Å². The van der Waals surface area contributed by atoms with Crippen LogP contribution in [0.3, 0.4) is 0 Å². The minimum absolute atomic E-state index is 0.575. The molecule has 1 aromatic carbocycles. The highest BCUT2D eigenvalue weighted by atomic mass is 16.5. The number of aromatic nitrogens is 2. The van der Waals surface area contributed by atoms with E-state index in [9.17, 15) is 0 Å². The molecule has 0 bridgehead atoms. The molecular formula is C13H18N4O. The molecule has 0 radical (unpaired) electrons. The molecule has 0 aliphatic rings. The molecule has 0 unspecified atom stereocenters. The van der Waals surface area contributed by atoms with Crippen LogP contribution in [0, 0.1) is 0 Å². The second-order valence-electron chi connectivity index (χ2n) is 4.31. The van der Waals surface area contributed by atoms with E-state index in [1.807, 2.05) is 45.4 Å². The van der Waals surface area contributed by atoms with Gasteiger partial charge in [-0.15, -0.1) is 0 Å². The number of rotatable bonds is 5. The van der Waals surface area contributed by atoms with Gasteiger partial charge in [0, 0.05) is 38.3 Å². The summed E-state index contributed by atoms with van der Waals surface area (Å²) in [4.78, 5) is 6.41. The fourth-order valence-electron chi connectivity index (χ4n) is 1.61. The summed E-state index contributed by atoms with van der Waals surface area (Å²) in [5.74, 6) is 1.31. The third-order valence-corrected chi connectivity index (χ3v) is 2.70. The molecule has 1 N–H and O–H groups in total. The predicted molar refractivity (Wildman–Crippen MR) is 71.7 cm³/mol. The third kappa shape index (κ3) is 2.87. The van der Waals surface area contributed by atoms with Gasteiger partial charge in [0.05, 0.1) is 0 Å². The molecule has 5 heteroatoms. The van der Waals surface area contributed by atoms with Crippen molar-refractivity contribution >= 4 is 5.69 Å². The van der Waals surface area contributed by atoms with Gasteiger partial charge in [0.15, 0.2) is 5.82 Å². The summed E-state index contributed by atoms with van der Waals surface area (Å²) in [6.45, 7) is 0.846. The van der Waals surface area contributed by atoms with Crippen molar-refractivity contribution in [3.8, 4) is 11.5 Å². The first-order valence-electron chi connectivity index (χ1n) is 5.95. The number of hydrogen-bond donors (Lipinski definition) is 1. The molecule has 0 saturated carbocycles. The van der Waals surface area contributed by atoms with Crippen molar-refractivity contribution in [2.24, 2.45) is 0 Å². The Morgan fingerprint density at radius 1 is 1.22 bits per heavy atom. The number of nitrogens with zero attached hydrogens (tertiary/aromatic N) is 3. The van der Waals surface area contributed by atoms with Gasteiger partial charge in [0.2, 0.25) is 0 Å². The average molecular weight is 246 g/mol. The van der Waals surface area contributed by atoms with Gasteiger partial charge in [-0.2, -0.15) is 4.98 Å². The van der Waals surface area contributed by atoms with E-state index in [0.29, 0.717) is 5.89 Å². The van der Waals surface area contributed by atoms with Crippen LogP contribution in [0.1, 0.15) is 5.82 Å². The second kappa shape index (κ2) is 5.64. The lowest BCUT2D eigenvalue weighted by molar-refractivity contribution is 0.422. The minimum atomic E-state index is 0.575. The molecule has 2 aromatic rings. The first kappa shape index (κ1) is 12.6. The van der Waals surface area contributed by atoms with Crippen molar-refractivity contribution < 1.29 is 4.52 Å². The average Bonchev–Trinajstić information content (AvgIpc) is 2.85.